The van der Waals surface area contributed by atoms with Crippen LogP contribution in [0.3, 0.4) is 0 Å². The van der Waals surface area contributed by atoms with Crippen molar-refractivity contribution < 1.29 is 53.4 Å². The average molecular weight is 553 g/mol. The molecule has 0 aromatic heterocycles. The summed E-state index contributed by atoms with van der Waals surface area (Å²) in [5.74, 6) is -3.84. The van der Waals surface area contributed by atoms with E-state index < -0.39 is 82.8 Å². The van der Waals surface area contributed by atoms with E-state index in [4.69, 9.17) is 18.9 Å². The first-order valence-corrected chi connectivity index (χ1v) is 13.0. The van der Waals surface area contributed by atoms with E-state index in [1.54, 1.807) is 13.8 Å². The number of carbonyl (C=O) groups is 4. The van der Waals surface area contributed by atoms with Gasteiger partial charge >= 0.3 is 23.9 Å². The van der Waals surface area contributed by atoms with Gasteiger partial charge in [-0.3, -0.25) is 19.2 Å². The van der Waals surface area contributed by atoms with Gasteiger partial charge in [0.25, 0.3) is 0 Å². The van der Waals surface area contributed by atoms with E-state index in [-0.39, 0.29) is 24.0 Å². The zero-order chi connectivity index (χ0) is 29.8. The molecule has 0 aromatic carbocycles. The highest BCUT2D eigenvalue weighted by atomic mass is 16.6. The largest absolute Gasteiger partial charge is 0.462 e. The Hall–Kier alpha value is -2.76. The Morgan fingerprint density at radius 2 is 1.38 bits per heavy atom. The standard InChI is InChI=1S/C28H40O11/c1-12-18(33)10-20(37-15(4)30)27(9)22(12)24(38-16(5)31)28(26(7,8)35)11-19(36-14(3)29)13(2)21(28)23(34)25(27)39-17(6)32/h18-20,22-25,33-35H,1,10-11H2,2-9H3/t18-,19-,20-,22-,23+,24-,25-,27+,28-/m0/s1. The van der Waals surface area contributed by atoms with Crippen LogP contribution in [0.25, 0.3) is 0 Å². The zero-order valence-corrected chi connectivity index (χ0v) is 23.8. The van der Waals surface area contributed by atoms with Crippen LogP contribution in [0, 0.1) is 16.7 Å². The fourth-order valence-corrected chi connectivity index (χ4v) is 7.27. The van der Waals surface area contributed by atoms with E-state index in [9.17, 15) is 34.5 Å². The van der Waals surface area contributed by atoms with Crippen LogP contribution in [0.5, 0.6) is 0 Å². The Morgan fingerprint density at radius 3 is 1.85 bits per heavy atom. The summed E-state index contributed by atoms with van der Waals surface area (Å²) in [5, 5.41) is 35.1. The van der Waals surface area contributed by atoms with E-state index in [1.165, 1.54) is 34.6 Å². The average Bonchev–Trinajstić information content (AvgIpc) is 3.03. The number of aliphatic hydroxyl groups is 3. The molecule has 0 aromatic rings. The predicted molar refractivity (Wildman–Crippen MR) is 136 cm³/mol. The van der Waals surface area contributed by atoms with Crippen LogP contribution in [0.15, 0.2) is 23.3 Å². The van der Waals surface area contributed by atoms with E-state index in [2.05, 4.69) is 6.58 Å². The number of hydrogen-bond acceptors (Lipinski definition) is 11. The number of esters is 4. The second kappa shape index (κ2) is 10.3. The lowest BCUT2D eigenvalue weighted by Crippen LogP contribution is -2.63. The highest BCUT2D eigenvalue weighted by Crippen LogP contribution is 2.65. The van der Waals surface area contributed by atoms with Crippen molar-refractivity contribution in [2.24, 2.45) is 16.7 Å². The monoisotopic (exact) mass is 552 g/mol. The first kappa shape index (κ1) is 30.8. The summed E-state index contributed by atoms with van der Waals surface area (Å²) < 4.78 is 23.0. The van der Waals surface area contributed by atoms with Crippen LogP contribution in [0.2, 0.25) is 0 Å². The molecule has 11 heteroatoms. The minimum absolute atomic E-state index is 0.0900. The molecule has 0 amide bonds. The van der Waals surface area contributed by atoms with Gasteiger partial charge in [0, 0.05) is 46.5 Å². The summed E-state index contributed by atoms with van der Waals surface area (Å²) in [6.07, 6.45) is -7.80. The molecule has 0 aliphatic heterocycles. The number of rotatable bonds is 5. The number of aliphatic hydroxyl groups excluding tert-OH is 2. The second-order valence-electron chi connectivity index (χ2n) is 11.7. The fourth-order valence-electron chi connectivity index (χ4n) is 7.27. The Kier molecular flexibility index (Phi) is 8.15. The Morgan fingerprint density at radius 1 is 0.897 bits per heavy atom. The highest BCUT2D eigenvalue weighted by molar-refractivity contribution is 5.69. The van der Waals surface area contributed by atoms with Crippen molar-refractivity contribution in [1.82, 2.24) is 0 Å². The molecule has 3 aliphatic carbocycles. The van der Waals surface area contributed by atoms with Crippen LogP contribution in [0.1, 0.15) is 68.2 Å². The molecule has 3 aliphatic rings. The molecular formula is C28H40O11. The van der Waals surface area contributed by atoms with Crippen LogP contribution in [-0.4, -0.2) is 81.4 Å². The fraction of sp³-hybridized carbons (Fsp3) is 0.714. The Labute approximate surface area is 228 Å². The summed E-state index contributed by atoms with van der Waals surface area (Å²) in [6, 6.07) is 0. The van der Waals surface area contributed by atoms with Gasteiger partial charge < -0.3 is 34.3 Å². The Bertz CT molecular complexity index is 1100. The summed E-state index contributed by atoms with van der Waals surface area (Å²) >= 11 is 0. The molecular weight excluding hydrogens is 512 g/mol. The van der Waals surface area contributed by atoms with Crippen molar-refractivity contribution in [2.75, 3.05) is 0 Å². The minimum Gasteiger partial charge on any atom is -0.462 e. The first-order valence-electron chi connectivity index (χ1n) is 13.0. The molecule has 3 rings (SSSR count). The Balaban J connectivity index is 2.51. The minimum atomic E-state index is -1.73. The van der Waals surface area contributed by atoms with Crippen molar-refractivity contribution >= 4 is 23.9 Å². The second-order valence-corrected chi connectivity index (χ2v) is 11.7. The molecule has 0 unspecified atom stereocenters. The molecule has 0 bridgehead atoms. The normalized spacial score (nSPS) is 38.2. The topological polar surface area (TPSA) is 166 Å². The molecule has 11 nitrogen and oxygen atoms in total. The van der Waals surface area contributed by atoms with E-state index in [1.807, 2.05) is 0 Å². The van der Waals surface area contributed by atoms with Crippen LogP contribution in [0.4, 0.5) is 0 Å². The highest BCUT2D eigenvalue weighted by Gasteiger charge is 2.73. The SMILES string of the molecule is C=C1[C@@H](O)C[C@H](OC(C)=O)[C@@]2(C)[C@@H](OC(C)=O)[C@H](O)C3=C(C)[C@@H](OC(C)=O)C[C@@]3(C(C)(C)O)[C@@H](OC(C)=O)[C@H]12. The van der Waals surface area contributed by atoms with Crippen molar-refractivity contribution in [3.63, 3.8) is 0 Å². The smallest absolute Gasteiger partial charge is 0.303 e. The van der Waals surface area contributed by atoms with E-state index >= 15 is 0 Å². The maximum atomic E-state index is 12.7. The van der Waals surface area contributed by atoms with Gasteiger partial charge in [0.1, 0.15) is 30.5 Å². The van der Waals surface area contributed by atoms with Gasteiger partial charge in [-0.25, -0.2) is 0 Å². The van der Waals surface area contributed by atoms with Gasteiger partial charge in [-0.05, 0) is 37.5 Å². The zero-order valence-electron chi connectivity index (χ0n) is 23.8. The quantitative estimate of drug-likeness (QED) is 0.257. The molecule has 2 saturated carbocycles. The molecule has 0 spiro atoms. The number of carbonyl (C=O) groups excluding carboxylic acids is 4. The number of ether oxygens (including phenoxy) is 4. The third-order valence-corrected chi connectivity index (χ3v) is 8.80. The molecule has 3 N–H and O–H groups in total. The molecule has 9 atom stereocenters. The summed E-state index contributed by atoms with van der Waals surface area (Å²) in [5.41, 5.74) is -4.06. The van der Waals surface area contributed by atoms with Crippen LogP contribution in [-0.2, 0) is 38.1 Å². The predicted octanol–water partition coefficient (Wildman–Crippen LogP) is 1.51. The molecule has 39 heavy (non-hydrogen) atoms. The molecule has 0 heterocycles. The lowest BCUT2D eigenvalue weighted by molar-refractivity contribution is -0.214. The van der Waals surface area contributed by atoms with Crippen LogP contribution < -0.4 is 0 Å². The molecule has 0 saturated heterocycles. The third kappa shape index (κ3) is 4.89. The van der Waals surface area contributed by atoms with Crippen molar-refractivity contribution in [3.8, 4) is 0 Å². The van der Waals surface area contributed by atoms with Gasteiger partial charge in [-0.1, -0.05) is 13.5 Å². The van der Waals surface area contributed by atoms with Gasteiger partial charge in [0.15, 0.2) is 0 Å². The first-order chi connectivity index (χ1) is 17.8. The van der Waals surface area contributed by atoms with Gasteiger partial charge in [0.2, 0.25) is 0 Å². The summed E-state index contributed by atoms with van der Waals surface area (Å²) in [6.45, 7) is 15.1. The maximum Gasteiger partial charge on any atom is 0.303 e. The van der Waals surface area contributed by atoms with Crippen molar-refractivity contribution in [2.45, 2.75) is 110 Å². The summed E-state index contributed by atoms with van der Waals surface area (Å²) in [4.78, 5) is 49.3. The molecule has 218 valence electrons. The van der Waals surface area contributed by atoms with Gasteiger partial charge in [0.05, 0.1) is 22.5 Å². The lowest BCUT2D eigenvalue weighted by atomic mass is 9.54. The maximum absolute atomic E-state index is 12.7. The van der Waals surface area contributed by atoms with E-state index in [0.717, 1.165) is 6.92 Å². The van der Waals surface area contributed by atoms with Gasteiger partial charge in [-0.2, -0.15) is 0 Å². The number of hydrogen-bond donors (Lipinski definition) is 3. The van der Waals surface area contributed by atoms with Crippen LogP contribution >= 0.6 is 0 Å². The van der Waals surface area contributed by atoms with Crippen molar-refractivity contribution in [1.29, 1.82) is 0 Å². The lowest BCUT2D eigenvalue weighted by Gasteiger charge is -2.55. The number of fused-ring (bicyclic) bond motifs is 2. The summed E-state index contributed by atoms with van der Waals surface area (Å²) in [7, 11) is 0. The van der Waals surface area contributed by atoms with Gasteiger partial charge in [-0.15, -0.1) is 0 Å². The molecule has 2 fully saturated rings. The van der Waals surface area contributed by atoms with E-state index in [0.29, 0.717) is 5.57 Å². The molecule has 0 radical (unpaired) electrons. The third-order valence-electron chi connectivity index (χ3n) is 8.80. The van der Waals surface area contributed by atoms with Crippen molar-refractivity contribution in [3.05, 3.63) is 23.3 Å².